The van der Waals surface area contributed by atoms with E-state index in [9.17, 15) is 4.39 Å². The number of pyridine rings is 1. The quantitative estimate of drug-likeness (QED) is 0.616. The first-order chi connectivity index (χ1) is 8.00. The molecule has 0 aliphatic heterocycles. The molecular formula is C13H14FN3. The molecule has 0 saturated heterocycles. The fourth-order valence-corrected chi connectivity index (χ4v) is 1.75. The van der Waals surface area contributed by atoms with E-state index < -0.39 is 0 Å². The van der Waals surface area contributed by atoms with Crippen LogP contribution in [0.2, 0.25) is 0 Å². The molecular weight excluding hydrogens is 217 g/mol. The van der Waals surface area contributed by atoms with Crippen molar-refractivity contribution in [2.45, 2.75) is 19.8 Å². The second kappa shape index (κ2) is 4.13. The molecule has 3 N–H and O–H groups in total. The molecule has 0 fully saturated rings. The number of halogens is 1. The minimum atomic E-state index is -0.382. The van der Waals surface area contributed by atoms with Gasteiger partial charge in [-0.15, -0.1) is 0 Å². The van der Waals surface area contributed by atoms with Crippen molar-refractivity contribution in [2.75, 3.05) is 0 Å². The van der Waals surface area contributed by atoms with Gasteiger partial charge in [0.25, 0.3) is 0 Å². The van der Waals surface area contributed by atoms with E-state index >= 15 is 0 Å². The summed E-state index contributed by atoms with van der Waals surface area (Å²) in [6.07, 6.45) is 0. The molecule has 0 saturated carbocycles. The van der Waals surface area contributed by atoms with Crippen LogP contribution >= 0.6 is 0 Å². The molecule has 4 heteroatoms. The lowest BCUT2D eigenvalue weighted by molar-refractivity contribution is 0.635. The maximum atomic E-state index is 13.7. The number of hydrogen-bond acceptors (Lipinski definition) is 2. The third kappa shape index (κ3) is 1.98. The van der Waals surface area contributed by atoms with Gasteiger partial charge in [-0.3, -0.25) is 5.41 Å². The van der Waals surface area contributed by atoms with Gasteiger partial charge in [0.1, 0.15) is 17.2 Å². The normalized spacial score (nSPS) is 11.1. The molecule has 88 valence electrons. The van der Waals surface area contributed by atoms with Gasteiger partial charge in [0.15, 0.2) is 0 Å². The van der Waals surface area contributed by atoms with Gasteiger partial charge >= 0.3 is 0 Å². The molecule has 3 nitrogen and oxygen atoms in total. The van der Waals surface area contributed by atoms with Crippen LogP contribution in [0.3, 0.4) is 0 Å². The van der Waals surface area contributed by atoms with Crippen molar-refractivity contribution in [2.24, 2.45) is 5.73 Å². The Hall–Kier alpha value is -1.97. The molecule has 1 heterocycles. The second-order valence-corrected chi connectivity index (χ2v) is 4.30. The Morgan fingerprint density at radius 3 is 2.71 bits per heavy atom. The lowest BCUT2D eigenvalue weighted by Crippen LogP contribution is -2.13. The van der Waals surface area contributed by atoms with Gasteiger partial charge in [-0.1, -0.05) is 26.0 Å². The van der Waals surface area contributed by atoms with E-state index in [0.29, 0.717) is 10.9 Å². The Kier molecular flexibility index (Phi) is 2.79. The van der Waals surface area contributed by atoms with Crippen molar-refractivity contribution in [3.63, 3.8) is 0 Å². The third-order valence-electron chi connectivity index (χ3n) is 2.69. The van der Waals surface area contributed by atoms with Crippen molar-refractivity contribution in [3.05, 3.63) is 41.3 Å². The van der Waals surface area contributed by atoms with Crippen molar-refractivity contribution in [1.82, 2.24) is 4.98 Å². The van der Waals surface area contributed by atoms with Crippen LogP contribution in [0.5, 0.6) is 0 Å². The van der Waals surface area contributed by atoms with Crippen LogP contribution in [-0.2, 0) is 0 Å². The number of nitrogens with one attached hydrogen (secondary N) is 1. The maximum absolute atomic E-state index is 13.7. The van der Waals surface area contributed by atoms with E-state index in [2.05, 4.69) is 4.98 Å². The standard InChI is InChI=1S/C13H14FN3/c1-7(2)11-6-9(13(15)16)8-4-3-5-10(14)12(8)17-11/h3-7H,1-2H3,(H3,15,16). The molecule has 0 radical (unpaired) electrons. The second-order valence-electron chi connectivity index (χ2n) is 4.30. The van der Waals surface area contributed by atoms with E-state index in [4.69, 9.17) is 11.1 Å². The van der Waals surface area contributed by atoms with Crippen molar-refractivity contribution in [3.8, 4) is 0 Å². The smallest absolute Gasteiger partial charge is 0.149 e. The number of rotatable bonds is 2. The summed E-state index contributed by atoms with van der Waals surface area (Å²) in [7, 11) is 0. The summed E-state index contributed by atoms with van der Waals surface area (Å²) < 4.78 is 13.7. The molecule has 0 aliphatic rings. The van der Waals surface area contributed by atoms with Crippen LogP contribution in [0.25, 0.3) is 10.9 Å². The zero-order chi connectivity index (χ0) is 12.6. The van der Waals surface area contributed by atoms with Crippen LogP contribution in [0.4, 0.5) is 4.39 Å². The average molecular weight is 231 g/mol. The molecule has 0 atom stereocenters. The number of aromatic nitrogens is 1. The summed E-state index contributed by atoms with van der Waals surface area (Å²) in [6, 6.07) is 6.45. The van der Waals surface area contributed by atoms with Crippen LogP contribution in [0.1, 0.15) is 31.0 Å². The summed E-state index contributed by atoms with van der Waals surface area (Å²) in [5.41, 5.74) is 7.10. The average Bonchev–Trinajstić information content (AvgIpc) is 2.28. The largest absolute Gasteiger partial charge is 0.384 e. The maximum Gasteiger partial charge on any atom is 0.149 e. The molecule has 2 rings (SSSR count). The first kappa shape index (κ1) is 11.5. The predicted molar refractivity (Wildman–Crippen MR) is 66.8 cm³/mol. The topological polar surface area (TPSA) is 62.8 Å². The van der Waals surface area contributed by atoms with Crippen molar-refractivity contribution >= 4 is 16.7 Å². The fourth-order valence-electron chi connectivity index (χ4n) is 1.75. The highest BCUT2D eigenvalue weighted by Crippen LogP contribution is 2.23. The molecule has 17 heavy (non-hydrogen) atoms. The summed E-state index contributed by atoms with van der Waals surface area (Å²) >= 11 is 0. The van der Waals surface area contributed by atoms with Crippen LogP contribution < -0.4 is 5.73 Å². The number of para-hydroxylation sites is 1. The molecule has 1 aromatic heterocycles. The summed E-state index contributed by atoms with van der Waals surface area (Å²) in [4.78, 5) is 4.29. The summed E-state index contributed by atoms with van der Waals surface area (Å²) in [5, 5.41) is 8.14. The van der Waals surface area contributed by atoms with Crippen LogP contribution in [0, 0.1) is 11.2 Å². The third-order valence-corrected chi connectivity index (χ3v) is 2.69. The SMILES string of the molecule is CC(C)c1cc(C(=N)N)c2cccc(F)c2n1. The molecule has 1 aromatic carbocycles. The van der Waals surface area contributed by atoms with E-state index in [1.807, 2.05) is 13.8 Å². The summed E-state index contributed by atoms with van der Waals surface area (Å²) in [5.74, 6) is -0.283. The Morgan fingerprint density at radius 2 is 2.12 bits per heavy atom. The van der Waals surface area contributed by atoms with Gasteiger partial charge in [-0.25, -0.2) is 9.37 Å². The number of hydrogen-bond donors (Lipinski definition) is 2. The van der Waals surface area contributed by atoms with Gasteiger partial charge < -0.3 is 5.73 Å². The molecule has 0 unspecified atom stereocenters. The number of amidine groups is 1. The minimum absolute atomic E-state index is 0.0649. The molecule has 2 aromatic rings. The van der Waals surface area contributed by atoms with Crippen molar-refractivity contribution < 1.29 is 4.39 Å². The molecule has 0 amide bonds. The zero-order valence-corrected chi connectivity index (χ0v) is 9.79. The van der Waals surface area contributed by atoms with Gasteiger partial charge in [-0.2, -0.15) is 0 Å². The monoisotopic (exact) mass is 231 g/mol. The predicted octanol–water partition coefficient (Wildman–Crippen LogP) is 2.78. The Labute approximate surface area is 99.0 Å². The number of fused-ring (bicyclic) bond motifs is 1. The highest BCUT2D eigenvalue weighted by Gasteiger charge is 2.12. The summed E-state index contributed by atoms with van der Waals surface area (Å²) in [6.45, 7) is 3.94. The molecule has 0 aliphatic carbocycles. The van der Waals surface area contributed by atoms with E-state index in [1.54, 1.807) is 18.2 Å². The number of nitrogens with two attached hydrogens (primary N) is 1. The highest BCUT2D eigenvalue weighted by atomic mass is 19.1. The Balaban J connectivity index is 2.86. The van der Waals surface area contributed by atoms with Crippen LogP contribution in [-0.4, -0.2) is 10.8 Å². The highest BCUT2D eigenvalue weighted by molar-refractivity contribution is 6.06. The Bertz CT molecular complexity index is 590. The lowest BCUT2D eigenvalue weighted by Gasteiger charge is -2.11. The minimum Gasteiger partial charge on any atom is -0.384 e. The first-order valence-corrected chi connectivity index (χ1v) is 5.44. The van der Waals surface area contributed by atoms with E-state index in [1.165, 1.54) is 6.07 Å². The van der Waals surface area contributed by atoms with E-state index in [0.717, 1.165) is 5.69 Å². The van der Waals surface area contributed by atoms with E-state index in [-0.39, 0.29) is 23.1 Å². The number of nitrogens with zero attached hydrogens (tertiary/aromatic N) is 1. The van der Waals surface area contributed by atoms with Crippen LogP contribution in [0.15, 0.2) is 24.3 Å². The van der Waals surface area contributed by atoms with Gasteiger partial charge in [0.05, 0.1) is 0 Å². The Morgan fingerprint density at radius 1 is 1.41 bits per heavy atom. The van der Waals surface area contributed by atoms with Gasteiger partial charge in [0, 0.05) is 16.6 Å². The fraction of sp³-hybridized carbons (Fsp3) is 0.231. The zero-order valence-electron chi connectivity index (χ0n) is 9.79. The van der Waals surface area contributed by atoms with Gasteiger partial charge in [-0.05, 0) is 18.1 Å². The molecule has 0 bridgehead atoms. The van der Waals surface area contributed by atoms with Crippen molar-refractivity contribution in [1.29, 1.82) is 5.41 Å². The number of benzene rings is 1. The molecule has 0 spiro atoms. The lowest BCUT2D eigenvalue weighted by atomic mass is 10.0. The number of nitrogen functional groups attached to an aromatic ring is 1. The van der Waals surface area contributed by atoms with Gasteiger partial charge in [0.2, 0.25) is 0 Å². The first-order valence-electron chi connectivity index (χ1n) is 5.44.